The van der Waals surface area contributed by atoms with Crippen LogP contribution in [-0.4, -0.2) is 67.4 Å². The minimum absolute atomic E-state index is 0.0377. The minimum atomic E-state index is -0.460. The number of carbonyl (C=O) groups excluding carboxylic acids is 2. The molecule has 1 aromatic rings. The lowest BCUT2D eigenvalue weighted by Gasteiger charge is -2.37. The van der Waals surface area contributed by atoms with Gasteiger partial charge in [-0.05, 0) is 29.5 Å². The van der Waals surface area contributed by atoms with Gasteiger partial charge in [-0.2, -0.15) is 0 Å². The van der Waals surface area contributed by atoms with Crippen molar-refractivity contribution in [2.24, 2.45) is 4.99 Å². The number of amides is 1. The van der Waals surface area contributed by atoms with Gasteiger partial charge in [0.1, 0.15) is 5.75 Å². The van der Waals surface area contributed by atoms with Crippen LogP contribution in [0.2, 0.25) is 0 Å². The van der Waals surface area contributed by atoms with Crippen LogP contribution in [0.1, 0.15) is 31.4 Å². The van der Waals surface area contributed by atoms with Crippen molar-refractivity contribution >= 4 is 28.8 Å². The Kier molecular flexibility index (Phi) is 6.86. The highest BCUT2D eigenvalue weighted by Crippen LogP contribution is 2.46. The number of benzene rings is 1. The standard InChI is InChI=1S/C23H27N3O5S/c1-4-18-20(22(28)30-3)21(15-6-5-7-17(12-15)29-2)26-16(14-32-23(26)24-18)13-19(27)25-8-10-31-11-9-25/h5-7,12,14,21H,4,8-11,13H2,1-3H3. The van der Waals surface area contributed by atoms with Crippen LogP contribution in [0.4, 0.5) is 0 Å². The topological polar surface area (TPSA) is 80.7 Å². The molecule has 1 amide bonds. The zero-order valence-corrected chi connectivity index (χ0v) is 19.3. The number of esters is 1. The number of ether oxygens (including phenoxy) is 3. The van der Waals surface area contributed by atoms with Gasteiger partial charge in [0.05, 0.1) is 51.2 Å². The molecule has 3 heterocycles. The molecule has 0 aromatic heterocycles. The summed E-state index contributed by atoms with van der Waals surface area (Å²) in [5, 5.41) is 2.71. The normalized spacial score (nSPS) is 20.5. The van der Waals surface area contributed by atoms with Gasteiger partial charge in [0.25, 0.3) is 0 Å². The number of morpholine rings is 1. The van der Waals surface area contributed by atoms with Crippen molar-refractivity contribution in [3.63, 3.8) is 0 Å². The number of thioether (sulfide) groups is 1. The molecule has 1 aromatic carbocycles. The summed E-state index contributed by atoms with van der Waals surface area (Å²) in [5.41, 5.74) is 2.86. The average Bonchev–Trinajstić information content (AvgIpc) is 3.24. The first-order chi connectivity index (χ1) is 15.6. The lowest BCUT2D eigenvalue weighted by molar-refractivity contribution is -0.136. The Morgan fingerprint density at radius 1 is 1.25 bits per heavy atom. The van der Waals surface area contributed by atoms with Crippen molar-refractivity contribution in [2.75, 3.05) is 40.5 Å². The molecule has 1 saturated heterocycles. The molecule has 0 saturated carbocycles. The van der Waals surface area contributed by atoms with Gasteiger partial charge in [-0.1, -0.05) is 30.8 Å². The van der Waals surface area contributed by atoms with Gasteiger partial charge >= 0.3 is 5.97 Å². The Hall–Kier alpha value is -2.78. The summed E-state index contributed by atoms with van der Waals surface area (Å²) in [7, 11) is 2.99. The van der Waals surface area contributed by atoms with E-state index in [0.717, 1.165) is 16.4 Å². The maximum atomic E-state index is 13.0. The first-order valence-electron chi connectivity index (χ1n) is 10.6. The van der Waals surface area contributed by atoms with E-state index >= 15 is 0 Å². The minimum Gasteiger partial charge on any atom is -0.497 e. The van der Waals surface area contributed by atoms with E-state index in [0.29, 0.717) is 49.7 Å². The number of aliphatic imine (C=N–C) groups is 1. The number of nitrogens with zero attached hydrogens (tertiary/aromatic N) is 3. The summed E-state index contributed by atoms with van der Waals surface area (Å²) < 4.78 is 15.9. The lowest BCUT2D eigenvalue weighted by atomic mass is 9.92. The largest absolute Gasteiger partial charge is 0.497 e. The molecular formula is C23H27N3O5S. The first kappa shape index (κ1) is 22.4. The number of fused-ring (bicyclic) bond motifs is 1. The van der Waals surface area contributed by atoms with Gasteiger partial charge in [0, 0.05) is 18.8 Å². The maximum Gasteiger partial charge on any atom is 0.338 e. The van der Waals surface area contributed by atoms with Crippen LogP contribution >= 0.6 is 11.8 Å². The third kappa shape index (κ3) is 4.27. The van der Waals surface area contributed by atoms with Crippen LogP contribution in [-0.2, 0) is 19.1 Å². The molecule has 0 N–H and O–H groups in total. The third-order valence-corrected chi connectivity index (χ3v) is 6.62. The van der Waals surface area contributed by atoms with Crippen molar-refractivity contribution in [1.82, 2.24) is 9.80 Å². The highest BCUT2D eigenvalue weighted by molar-refractivity contribution is 8.16. The second kappa shape index (κ2) is 9.79. The monoisotopic (exact) mass is 457 g/mol. The van der Waals surface area contributed by atoms with Crippen LogP contribution in [0.15, 0.2) is 51.6 Å². The van der Waals surface area contributed by atoms with Gasteiger partial charge in [0.15, 0.2) is 5.17 Å². The van der Waals surface area contributed by atoms with Crippen LogP contribution < -0.4 is 4.74 Å². The predicted octanol–water partition coefficient (Wildman–Crippen LogP) is 3.08. The van der Waals surface area contributed by atoms with E-state index in [1.807, 2.05) is 46.4 Å². The summed E-state index contributed by atoms with van der Waals surface area (Å²) in [5.74, 6) is 0.305. The second-order valence-electron chi connectivity index (χ2n) is 7.55. The Morgan fingerprint density at radius 2 is 2.03 bits per heavy atom. The number of hydrogen-bond donors (Lipinski definition) is 0. The van der Waals surface area contributed by atoms with E-state index < -0.39 is 12.0 Å². The summed E-state index contributed by atoms with van der Waals surface area (Å²) in [6, 6.07) is 7.16. The summed E-state index contributed by atoms with van der Waals surface area (Å²) in [6.07, 6.45) is 0.813. The molecule has 0 spiro atoms. The van der Waals surface area contributed by atoms with Crippen LogP contribution in [0, 0.1) is 0 Å². The quantitative estimate of drug-likeness (QED) is 0.607. The van der Waals surface area contributed by atoms with E-state index in [-0.39, 0.29) is 12.3 Å². The number of hydrogen-bond acceptors (Lipinski definition) is 8. The molecular weight excluding hydrogens is 430 g/mol. The van der Waals surface area contributed by atoms with Gasteiger partial charge in [0.2, 0.25) is 5.91 Å². The smallest absolute Gasteiger partial charge is 0.338 e. The average molecular weight is 458 g/mol. The zero-order chi connectivity index (χ0) is 22.7. The SMILES string of the molecule is CCC1=C(C(=O)OC)C(c2cccc(OC)c2)N2C(CC(=O)N3CCOCC3)=CSC2=N1. The Bertz CT molecular complexity index is 997. The van der Waals surface area contributed by atoms with E-state index in [1.54, 1.807) is 7.11 Å². The molecule has 1 fully saturated rings. The van der Waals surface area contributed by atoms with Crippen LogP contribution in [0.3, 0.4) is 0 Å². The van der Waals surface area contributed by atoms with Crippen molar-refractivity contribution in [1.29, 1.82) is 0 Å². The molecule has 3 aliphatic rings. The number of amidine groups is 1. The van der Waals surface area contributed by atoms with Crippen molar-refractivity contribution in [3.8, 4) is 5.75 Å². The first-order valence-corrected chi connectivity index (χ1v) is 11.5. The number of rotatable bonds is 6. The van der Waals surface area contributed by atoms with E-state index in [9.17, 15) is 9.59 Å². The van der Waals surface area contributed by atoms with Gasteiger partial charge in [-0.3, -0.25) is 4.79 Å². The Morgan fingerprint density at radius 3 is 2.72 bits per heavy atom. The van der Waals surface area contributed by atoms with Crippen molar-refractivity contribution in [2.45, 2.75) is 25.8 Å². The molecule has 0 aliphatic carbocycles. The molecule has 0 bridgehead atoms. The summed E-state index contributed by atoms with van der Waals surface area (Å²) in [4.78, 5) is 34.5. The fraction of sp³-hybridized carbons (Fsp3) is 0.435. The van der Waals surface area contributed by atoms with E-state index in [1.165, 1.54) is 18.9 Å². The molecule has 3 aliphatic heterocycles. The zero-order valence-electron chi connectivity index (χ0n) is 18.5. The van der Waals surface area contributed by atoms with Gasteiger partial charge < -0.3 is 24.0 Å². The third-order valence-electron chi connectivity index (χ3n) is 5.73. The molecule has 170 valence electrons. The van der Waals surface area contributed by atoms with E-state index in [2.05, 4.69) is 0 Å². The van der Waals surface area contributed by atoms with Crippen molar-refractivity contribution < 1.29 is 23.8 Å². The molecule has 1 atom stereocenters. The highest BCUT2D eigenvalue weighted by Gasteiger charge is 2.41. The molecule has 8 nitrogen and oxygen atoms in total. The predicted molar refractivity (Wildman–Crippen MR) is 122 cm³/mol. The molecule has 0 radical (unpaired) electrons. The Balaban J connectivity index is 1.73. The number of allylic oxidation sites excluding steroid dienone is 1. The molecule has 32 heavy (non-hydrogen) atoms. The maximum absolute atomic E-state index is 13.0. The Labute approximate surface area is 191 Å². The number of carbonyl (C=O) groups is 2. The second-order valence-corrected chi connectivity index (χ2v) is 8.38. The molecule has 1 unspecified atom stereocenters. The fourth-order valence-electron chi connectivity index (χ4n) is 4.12. The van der Waals surface area contributed by atoms with Crippen LogP contribution in [0.5, 0.6) is 5.75 Å². The lowest BCUT2D eigenvalue weighted by Crippen LogP contribution is -2.42. The highest BCUT2D eigenvalue weighted by atomic mass is 32.2. The summed E-state index contributed by atoms with van der Waals surface area (Å²) >= 11 is 1.47. The van der Waals surface area contributed by atoms with Crippen LogP contribution in [0.25, 0.3) is 0 Å². The van der Waals surface area contributed by atoms with Gasteiger partial charge in [-0.25, -0.2) is 9.79 Å². The van der Waals surface area contributed by atoms with Crippen molar-refractivity contribution in [3.05, 3.63) is 52.2 Å². The molecule has 9 heteroatoms. The molecule has 4 rings (SSSR count). The fourth-order valence-corrected chi connectivity index (χ4v) is 5.06. The van der Waals surface area contributed by atoms with Gasteiger partial charge in [-0.15, -0.1) is 0 Å². The van der Waals surface area contributed by atoms with E-state index in [4.69, 9.17) is 19.2 Å². The summed E-state index contributed by atoms with van der Waals surface area (Å²) in [6.45, 7) is 4.26. The number of methoxy groups -OCH3 is 2.